The molecule has 0 radical (unpaired) electrons. The van der Waals surface area contributed by atoms with Gasteiger partial charge in [-0.05, 0) is 0 Å². The number of nitrogens with zero attached hydrogens (tertiary/aromatic N) is 1. The Morgan fingerprint density at radius 1 is 0.947 bits per heavy atom. The van der Waals surface area contributed by atoms with Crippen LogP contribution in [-0.2, 0) is 9.59 Å². The monoisotopic (exact) mass is 293 g/mol. The zero-order valence-electron chi connectivity index (χ0n) is 9.31. The summed E-state index contributed by atoms with van der Waals surface area (Å²) in [5.41, 5.74) is 0. The van der Waals surface area contributed by atoms with Gasteiger partial charge in [0.1, 0.15) is 0 Å². The largest absolute Gasteiger partial charge is 0.481 e. The molecule has 0 aromatic carbocycles. The van der Waals surface area contributed by atoms with Gasteiger partial charge in [-0.2, -0.15) is 26.3 Å². The molecule has 110 valence electrons. The fourth-order valence-corrected chi connectivity index (χ4v) is 1.55. The number of hydrogen-bond donors (Lipinski definition) is 1. The van der Waals surface area contributed by atoms with Gasteiger partial charge in [0.15, 0.2) is 0 Å². The van der Waals surface area contributed by atoms with Gasteiger partial charge >= 0.3 is 23.7 Å². The van der Waals surface area contributed by atoms with E-state index in [4.69, 9.17) is 5.11 Å². The number of carboxylic acid groups (broad SMARTS) is 1. The van der Waals surface area contributed by atoms with Gasteiger partial charge in [0.2, 0.25) is 5.91 Å². The van der Waals surface area contributed by atoms with Gasteiger partial charge in [-0.3, -0.25) is 9.59 Å². The number of carbonyl (C=O) groups excluding carboxylic acids is 1. The fourth-order valence-electron chi connectivity index (χ4n) is 1.55. The molecule has 1 rings (SSSR count). The Kier molecular flexibility index (Phi) is 3.74. The van der Waals surface area contributed by atoms with Crippen LogP contribution in [0.15, 0.2) is 0 Å². The average Bonchev–Trinajstić information content (AvgIpc) is 2.22. The van der Waals surface area contributed by atoms with Crippen LogP contribution >= 0.6 is 0 Å². The van der Waals surface area contributed by atoms with E-state index in [2.05, 4.69) is 0 Å². The third kappa shape index (κ3) is 2.76. The summed E-state index contributed by atoms with van der Waals surface area (Å²) in [6.07, 6.45) is -1.57. The molecule has 0 atom stereocenters. The van der Waals surface area contributed by atoms with Crippen molar-refractivity contribution in [2.45, 2.75) is 30.6 Å². The fraction of sp³-hybridized carbons (Fsp3) is 0.778. The van der Waals surface area contributed by atoms with E-state index >= 15 is 0 Å². The van der Waals surface area contributed by atoms with Crippen molar-refractivity contribution in [1.82, 2.24) is 4.90 Å². The summed E-state index contributed by atoms with van der Waals surface area (Å²) in [6.45, 7) is -3.73. The van der Waals surface area contributed by atoms with Crippen LogP contribution in [0.4, 0.5) is 26.3 Å². The van der Waals surface area contributed by atoms with Crippen molar-refractivity contribution < 1.29 is 41.0 Å². The molecule has 0 aliphatic carbocycles. The van der Waals surface area contributed by atoms with Gasteiger partial charge in [-0.15, -0.1) is 0 Å². The van der Waals surface area contributed by atoms with Gasteiger partial charge in [0.05, 0.1) is 19.5 Å². The van der Waals surface area contributed by atoms with E-state index in [1.54, 1.807) is 0 Å². The van der Waals surface area contributed by atoms with Gasteiger partial charge in [-0.25, -0.2) is 0 Å². The maximum atomic E-state index is 12.9. The Morgan fingerprint density at radius 2 is 1.37 bits per heavy atom. The van der Waals surface area contributed by atoms with Crippen LogP contribution in [0.3, 0.4) is 0 Å². The quantitative estimate of drug-likeness (QED) is 0.804. The highest BCUT2D eigenvalue weighted by Gasteiger charge is 2.75. The van der Waals surface area contributed by atoms with Crippen molar-refractivity contribution in [3.05, 3.63) is 0 Å². The predicted octanol–water partition coefficient (Wildman–Crippen LogP) is 1.60. The summed E-state index contributed by atoms with van der Waals surface area (Å²) >= 11 is 0. The minimum atomic E-state index is -5.55. The molecule has 1 fully saturated rings. The summed E-state index contributed by atoms with van der Waals surface area (Å²) in [5, 5.41) is 8.26. The maximum Gasteiger partial charge on any atom is 0.375 e. The molecule has 0 aromatic heterocycles. The maximum absolute atomic E-state index is 12.9. The first-order chi connectivity index (χ1) is 8.41. The summed E-state index contributed by atoms with van der Waals surface area (Å²) < 4.78 is 77.3. The molecule has 1 N–H and O–H groups in total. The molecule has 1 saturated heterocycles. The molecule has 1 amide bonds. The summed E-state index contributed by atoms with van der Waals surface area (Å²) in [5.74, 6) is -18.5. The first kappa shape index (κ1) is 15.6. The Morgan fingerprint density at radius 3 is 1.74 bits per heavy atom. The second kappa shape index (κ2) is 4.57. The molecule has 1 aliphatic rings. The first-order valence-electron chi connectivity index (χ1n) is 5.04. The van der Waals surface area contributed by atoms with E-state index in [0.29, 0.717) is 0 Å². The van der Waals surface area contributed by atoms with E-state index in [1.807, 2.05) is 0 Å². The number of aliphatic carboxylic acids is 1. The minimum absolute atomic E-state index is 0.139. The normalized spacial score (nSPS) is 24.0. The number of alkyl halides is 6. The van der Waals surface area contributed by atoms with E-state index in [0.717, 1.165) is 0 Å². The van der Waals surface area contributed by atoms with Crippen LogP contribution in [0, 0.1) is 0 Å². The van der Waals surface area contributed by atoms with E-state index in [1.165, 1.54) is 0 Å². The summed E-state index contributed by atoms with van der Waals surface area (Å²) in [7, 11) is 0. The predicted molar refractivity (Wildman–Crippen MR) is 48.3 cm³/mol. The number of amides is 1. The molecule has 0 aromatic rings. The number of hydrogen-bond acceptors (Lipinski definition) is 2. The molecular formula is C9H9F6NO3. The molecule has 0 unspecified atom stereocenters. The van der Waals surface area contributed by atoms with Gasteiger partial charge in [0, 0.05) is 6.42 Å². The van der Waals surface area contributed by atoms with E-state index in [-0.39, 0.29) is 4.90 Å². The number of piperidine rings is 1. The number of likely N-dealkylation sites (tertiary alicyclic amines) is 1. The molecule has 10 heteroatoms. The molecule has 4 nitrogen and oxygen atoms in total. The molecule has 1 heterocycles. The van der Waals surface area contributed by atoms with Crippen molar-refractivity contribution in [3.8, 4) is 0 Å². The standard InChI is InChI=1S/C9H9F6NO3/c10-7(11)3-16(5(17)1-2-6(18)19)4-8(12,13)9(7,14)15/h1-4H2,(H,18,19). The number of carboxylic acids is 1. The highest BCUT2D eigenvalue weighted by molar-refractivity contribution is 5.81. The third-order valence-corrected chi connectivity index (χ3v) is 2.60. The van der Waals surface area contributed by atoms with Crippen LogP contribution in [0.2, 0.25) is 0 Å². The lowest BCUT2D eigenvalue weighted by molar-refractivity contribution is -0.335. The van der Waals surface area contributed by atoms with Crippen molar-refractivity contribution >= 4 is 11.9 Å². The zero-order chi connectivity index (χ0) is 15.1. The van der Waals surface area contributed by atoms with Gasteiger partial charge in [-0.1, -0.05) is 0 Å². The van der Waals surface area contributed by atoms with Crippen molar-refractivity contribution in [2.75, 3.05) is 13.1 Å². The Hall–Kier alpha value is -1.48. The second-order valence-electron chi connectivity index (χ2n) is 4.13. The molecule has 19 heavy (non-hydrogen) atoms. The molecule has 0 spiro atoms. The average molecular weight is 293 g/mol. The zero-order valence-corrected chi connectivity index (χ0v) is 9.31. The van der Waals surface area contributed by atoms with Crippen LogP contribution in [-0.4, -0.2) is 52.7 Å². The van der Waals surface area contributed by atoms with E-state index < -0.39 is 55.6 Å². The lowest BCUT2D eigenvalue weighted by Crippen LogP contribution is -2.68. The topological polar surface area (TPSA) is 57.6 Å². The number of rotatable bonds is 3. The molecule has 0 bridgehead atoms. The Balaban J connectivity index is 2.86. The van der Waals surface area contributed by atoms with Crippen molar-refractivity contribution in [3.63, 3.8) is 0 Å². The smallest absolute Gasteiger partial charge is 0.375 e. The Bertz CT molecular complexity index is 377. The summed E-state index contributed by atoms with van der Waals surface area (Å²) in [6, 6.07) is 0. The highest BCUT2D eigenvalue weighted by Crippen LogP contribution is 2.49. The van der Waals surface area contributed by atoms with Crippen LogP contribution in [0.25, 0.3) is 0 Å². The van der Waals surface area contributed by atoms with Crippen LogP contribution in [0.1, 0.15) is 12.8 Å². The Labute approximate surface area is 103 Å². The lowest BCUT2D eigenvalue weighted by atomic mass is 9.98. The van der Waals surface area contributed by atoms with Crippen molar-refractivity contribution in [1.29, 1.82) is 0 Å². The number of halogens is 6. The SMILES string of the molecule is O=C(O)CCC(=O)N1CC(F)(F)C(F)(F)C(F)(F)C1. The lowest BCUT2D eigenvalue weighted by Gasteiger charge is -2.42. The molecule has 1 aliphatic heterocycles. The van der Waals surface area contributed by atoms with Gasteiger partial charge in [0.25, 0.3) is 0 Å². The van der Waals surface area contributed by atoms with Crippen LogP contribution < -0.4 is 0 Å². The molecule has 0 saturated carbocycles. The second-order valence-corrected chi connectivity index (χ2v) is 4.13. The first-order valence-corrected chi connectivity index (χ1v) is 5.04. The molecular weight excluding hydrogens is 284 g/mol. The van der Waals surface area contributed by atoms with Gasteiger partial charge < -0.3 is 10.0 Å². The highest BCUT2D eigenvalue weighted by atomic mass is 19.3. The van der Waals surface area contributed by atoms with Crippen LogP contribution in [0.5, 0.6) is 0 Å². The number of carbonyl (C=O) groups is 2. The van der Waals surface area contributed by atoms with E-state index in [9.17, 15) is 35.9 Å². The minimum Gasteiger partial charge on any atom is -0.481 e. The third-order valence-electron chi connectivity index (χ3n) is 2.60. The summed E-state index contributed by atoms with van der Waals surface area (Å²) in [4.78, 5) is 21.3. The van der Waals surface area contributed by atoms with Crippen molar-refractivity contribution in [2.24, 2.45) is 0 Å².